The number of benzene rings is 1. The molecule has 5 N–H and O–H groups in total. The van der Waals surface area contributed by atoms with Crippen molar-refractivity contribution in [2.24, 2.45) is 5.73 Å². The number of unbranched alkanes of at least 4 members (excludes halogenated alkanes) is 3. The summed E-state index contributed by atoms with van der Waals surface area (Å²) < 4.78 is 5.59. The van der Waals surface area contributed by atoms with E-state index in [9.17, 15) is 4.79 Å². The molecule has 2 aromatic rings. The van der Waals surface area contributed by atoms with Crippen molar-refractivity contribution in [2.75, 3.05) is 61.5 Å². The fourth-order valence-electron chi connectivity index (χ4n) is 4.05. The minimum atomic E-state index is 0.0131. The molecule has 1 aromatic carbocycles. The van der Waals surface area contributed by atoms with Gasteiger partial charge < -0.3 is 31.3 Å². The van der Waals surface area contributed by atoms with E-state index in [4.69, 9.17) is 10.5 Å². The number of ether oxygens (including phenoxy) is 1. The third kappa shape index (κ3) is 10.9. The van der Waals surface area contributed by atoms with Crippen molar-refractivity contribution in [1.29, 1.82) is 0 Å². The van der Waals surface area contributed by atoms with Crippen molar-refractivity contribution in [3.63, 3.8) is 0 Å². The summed E-state index contributed by atoms with van der Waals surface area (Å²) in [4.78, 5) is 28.3. The van der Waals surface area contributed by atoms with Gasteiger partial charge in [-0.05, 0) is 69.2 Å². The zero-order valence-electron chi connectivity index (χ0n) is 22.3. The number of rotatable bonds is 18. The molecule has 0 atom stereocenters. The number of aromatic nitrogens is 3. The molecule has 1 fully saturated rings. The molecule has 1 amide bonds. The first kappa shape index (κ1) is 28.6. The Labute approximate surface area is 221 Å². The molecule has 10 nitrogen and oxygen atoms in total. The Morgan fingerprint density at radius 1 is 0.946 bits per heavy atom. The Bertz CT molecular complexity index is 919. The fraction of sp³-hybridized carbons (Fsp3) is 0.630. The van der Waals surface area contributed by atoms with Gasteiger partial charge >= 0.3 is 0 Å². The standard InChI is InChI=1S/C27H44N8O2/c1-2-3-15-30-25-32-26(34-27(33-25)35-17-6-7-18-35)31-23-12-10-22(11-13-23)21-24(36)29-16-9-20-37-19-8-4-5-14-28/h10-13H,2-9,14-21,28H2,1H3,(H,29,36)(H2,30,31,32,33,34). The molecule has 0 unspecified atom stereocenters. The van der Waals surface area contributed by atoms with E-state index in [0.717, 1.165) is 95.4 Å². The predicted octanol–water partition coefficient (Wildman–Crippen LogP) is 3.62. The van der Waals surface area contributed by atoms with Crippen LogP contribution in [0.5, 0.6) is 0 Å². The third-order valence-corrected chi connectivity index (χ3v) is 6.18. The number of hydrogen-bond acceptors (Lipinski definition) is 9. The molecule has 204 valence electrons. The zero-order valence-corrected chi connectivity index (χ0v) is 22.3. The number of anilines is 4. The lowest BCUT2D eigenvalue weighted by molar-refractivity contribution is -0.120. The molecule has 0 bridgehead atoms. The molecular weight excluding hydrogens is 468 g/mol. The van der Waals surface area contributed by atoms with Gasteiger partial charge in [-0.2, -0.15) is 15.0 Å². The van der Waals surface area contributed by atoms with Crippen LogP contribution >= 0.6 is 0 Å². The summed E-state index contributed by atoms with van der Waals surface area (Å²) in [5.74, 6) is 1.83. The van der Waals surface area contributed by atoms with E-state index in [1.165, 1.54) is 0 Å². The van der Waals surface area contributed by atoms with Crippen LogP contribution in [0, 0.1) is 0 Å². The van der Waals surface area contributed by atoms with Crippen molar-refractivity contribution in [2.45, 2.75) is 64.7 Å². The molecule has 37 heavy (non-hydrogen) atoms. The summed E-state index contributed by atoms with van der Waals surface area (Å²) in [5.41, 5.74) is 7.30. The first-order valence-electron chi connectivity index (χ1n) is 13.8. The Hall–Kier alpha value is -2.98. The molecule has 1 aliphatic heterocycles. The van der Waals surface area contributed by atoms with Crippen LogP contribution in [0.3, 0.4) is 0 Å². The van der Waals surface area contributed by atoms with E-state index in [2.05, 4.69) is 42.7 Å². The summed E-state index contributed by atoms with van der Waals surface area (Å²) in [6.07, 6.45) is 8.83. The van der Waals surface area contributed by atoms with Gasteiger partial charge in [-0.25, -0.2) is 0 Å². The van der Waals surface area contributed by atoms with Crippen molar-refractivity contribution in [3.05, 3.63) is 29.8 Å². The monoisotopic (exact) mass is 512 g/mol. The van der Waals surface area contributed by atoms with Crippen LogP contribution < -0.4 is 26.6 Å². The van der Waals surface area contributed by atoms with E-state index in [0.29, 0.717) is 37.4 Å². The van der Waals surface area contributed by atoms with Crippen LogP contribution in [0.2, 0.25) is 0 Å². The summed E-state index contributed by atoms with van der Waals surface area (Å²) in [7, 11) is 0. The minimum absolute atomic E-state index is 0.0131. The first-order chi connectivity index (χ1) is 18.2. The Kier molecular flexibility index (Phi) is 12.9. The fourth-order valence-corrected chi connectivity index (χ4v) is 4.05. The van der Waals surface area contributed by atoms with Gasteiger partial charge in [0.05, 0.1) is 6.42 Å². The van der Waals surface area contributed by atoms with E-state index < -0.39 is 0 Å². The highest BCUT2D eigenvalue weighted by Crippen LogP contribution is 2.21. The molecule has 1 saturated heterocycles. The SMILES string of the molecule is CCCCNc1nc(Nc2ccc(CC(=O)NCCCOCCCCCN)cc2)nc(N2CCCC2)n1. The quantitative estimate of drug-likeness (QED) is 0.221. The maximum atomic E-state index is 12.3. The van der Waals surface area contributed by atoms with Crippen molar-refractivity contribution >= 4 is 29.4 Å². The van der Waals surface area contributed by atoms with E-state index in [1.807, 2.05) is 24.3 Å². The molecular formula is C27H44N8O2. The second-order valence-corrected chi connectivity index (χ2v) is 9.42. The van der Waals surface area contributed by atoms with Crippen LogP contribution in [0.1, 0.15) is 63.9 Å². The lowest BCUT2D eigenvalue weighted by atomic mass is 10.1. The van der Waals surface area contributed by atoms with Crippen molar-refractivity contribution in [1.82, 2.24) is 20.3 Å². The third-order valence-electron chi connectivity index (χ3n) is 6.18. The van der Waals surface area contributed by atoms with Crippen LogP contribution in [0.15, 0.2) is 24.3 Å². The Morgan fingerprint density at radius 3 is 2.46 bits per heavy atom. The molecule has 0 radical (unpaired) electrons. The normalized spacial score (nSPS) is 13.1. The number of amides is 1. The van der Waals surface area contributed by atoms with E-state index in [1.54, 1.807) is 0 Å². The smallest absolute Gasteiger partial charge is 0.233 e. The van der Waals surface area contributed by atoms with Crippen LogP contribution in [-0.2, 0) is 16.0 Å². The predicted molar refractivity (Wildman–Crippen MR) is 149 cm³/mol. The second kappa shape index (κ2) is 16.7. The lowest BCUT2D eigenvalue weighted by Gasteiger charge is -2.17. The van der Waals surface area contributed by atoms with Gasteiger partial charge in [0.2, 0.25) is 23.8 Å². The summed E-state index contributed by atoms with van der Waals surface area (Å²) in [6, 6.07) is 7.81. The lowest BCUT2D eigenvalue weighted by Crippen LogP contribution is -2.26. The molecule has 2 heterocycles. The van der Waals surface area contributed by atoms with Crippen LogP contribution in [-0.4, -0.2) is 66.8 Å². The average Bonchev–Trinajstić information content (AvgIpc) is 3.44. The van der Waals surface area contributed by atoms with Gasteiger partial charge in [0, 0.05) is 45.1 Å². The highest BCUT2D eigenvalue weighted by molar-refractivity contribution is 5.78. The largest absolute Gasteiger partial charge is 0.381 e. The number of nitrogens with two attached hydrogens (primary N) is 1. The number of carbonyl (C=O) groups excluding carboxylic acids is 1. The van der Waals surface area contributed by atoms with Gasteiger partial charge in [-0.3, -0.25) is 4.79 Å². The Morgan fingerprint density at radius 2 is 1.70 bits per heavy atom. The van der Waals surface area contributed by atoms with Gasteiger partial charge in [0.1, 0.15) is 0 Å². The van der Waals surface area contributed by atoms with Gasteiger partial charge in [0.15, 0.2) is 0 Å². The first-order valence-corrected chi connectivity index (χ1v) is 13.8. The van der Waals surface area contributed by atoms with Crippen molar-refractivity contribution in [3.8, 4) is 0 Å². The number of carbonyl (C=O) groups is 1. The minimum Gasteiger partial charge on any atom is -0.381 e. The maximum Gasteiger partial charge on any atom is 0.233 e. The van der Waals surface area contributed by atoms with Gasteiger partial charge in [-0.15, -0.1) is 0 Å². The second-order valence-electron chi connectivity index (χ2n) is 9.42. The highest BCUT2D eigenvalue weighted by atomic mass is 16.5. The molecule has 0 aliphatic carbocycles. The highest BCUT2D eigenvalue weighted by Gasteiger charge is 2.17. The summed E-state index contributed by atoms with van der Waals surface area (Å²) in [6.45, 7) is 7.71. The molecule has 1 aromatic heterocycles. The Balaban J connectivity index is 1.44. The molecule has 0 spiro atoms. The number of hydrogen-bond donors (Lipinski definition) is 4. The van der Waals surface area contributed by atoms with E-state index in [-0.39, 0.29) is 5.91 Å². The van der Waals surface area contributed by atoms with E-state index >= 15 is 0 Å². The zero-order chi connectivity index (χ0) is 26.1. The van der Waals surface area contributed by atoms with Gasteiger partial charge in [-0.1, -0.05) is 25.5 Å². The maximum absolute atomic E-state index is 12.3. The average molecular weight is 513 g/mol. The van der Waals surface area contributed by atoms with Gasteiger partial charge in [0.25, 0.3) is 0 Å². The molecule has 0 saturated carbocycles. The topological polar surface area (TPSA) is 130 Å². The van der Waals surface area contributed by atoms with Crippen molar-refractivity contribution < 1.29 is 9.53 Å². The summed E-state index contributed by atoms with van der Waals surface area (Å²) in [5, 5.41) is 9.59. The summed E-state index contributed by atoms with van der Waals surface area (Å²) >= 11 is 0. The molecule has 3 rings (SSSR count). The van der Waals surface area contributed by atoms with Crippen LogP contribution in [0.4, 0.5) is 23.5 Å². The number of nitrogens with one attached hydrogen (secondary N) is 3. The number of nitrogens with zero attached hydrogens (tertiary/aromatic N) is 4. The molecule has 1 aliphatic rings. The van der Waals surface area contributed by atoms with Crippen LogP contribution in [0.25, 0.3) is 0 Å². The molecule has 10 heteroatoms.